The van der Waals surface area contributed by atoms with Gasteiger partial charge in [-0.25, -0.2) is 0 Å². The van der Waals surface area contributed by atoms with Crippen LogP contribution in [-0.2, 0) is 4.79 Å². The molecule has 1 fully saturated rings. The number of aliphatic hydroxyl groups is 1. The van der Waals surface area contributed by atoms with Crippen molar-refractivity contribution < 1.29 is 9.90 Å². The van der Waals surface area contributed by atoms with Crippen molar-refractivity contribution >= 4 is 5.91 Å². The van der Waals surface area contributed by atoms with E-state index in [1.54, 1.807) is 11.9 Å². The Morgan fingerprint density at radius 1 is 1.62 bits per heavy atom. The van der Waals surface area contributed by atoms with Gasteiger partial charge in [0.1, 0.15) is 0 Å². The molecule has 76 valence electrons. The maximum absolute atomic E-state index is 11.3. The molecule has 1 saturated carbocycles. The Morgan fingerprint density at radius 3 is 2.85 bits per heavy atom. The number of hydrogen-bond acceptors (Lipinski definition) is 3. The smallest absolute Gasteiger partial charge is 0.223 e. The molecule has 0 aromatic rings. The van der Waals surface area contributed by atoms with E-state index in [1.165, 1.54) is 12.8 Å². The van der Waals surface area contributed by atoms with E-state index in [0.717, 1.165) is 6.54 Å². The molecule has 2 N–H and O–H groups in total. The second-order valence-electron chi connectivity index (χ2n) is 3.52. The van der Waals surface area contributed by atoms with E-state index in [-0.39, 0.29) is 12.5 Å². The number of likely N-dealkylation sites (N-methyl/N-ethyl adjacent to an activating group) is 1. The molecule has 4 heteroatoms. The topological polar surface area (TPSA) is 52.6 Å². The van der Waals surface area contributed by atoms with Crippen LogP contribution < -0.4 is 5.32 Å². The first-order chi connectivity index (χ1) is 6.24. The van der Waals surface area contributed by atoms with Crippen molar-refractivity contribution in [2.45, 2.75) is 25.3 Å². The maximum atomic E-state index is 11.3. The molecule has 0 bridgehead atoms. The molecule has 0 aromatic carbocycles. The van der Waals surface area contributed by atoms with Crippen molar-refractivity contribution in [2.75, 3.05) is 26.7 Å². The van der Waals surface area contributed by atoms with Gasteiger partial charge in [-0.15, -0.1) is 0 Å². The lowest BCUT2D eigenvalue weighted by atomic mass is 10.3. The Labute approximate surface area is 78.9 Å². The van der Waals surface area contributed by atoms with Crippen molar-refractivity contribution in [1.29, 1.82) is 0 Å². The second-order valence-corrected chi connectivity index (χ2v) is 3.52. The third-order valence-electron chi connectivity index (χ3n) is 2.21. The van der Waals surface area contributed by atoms with Crippen LogP contribution >= 0.6 is 0 Å². The minimum Gasteiger partial charge on any atom is -0.395 e. The molecule has 1 rings (SSSR count). The molecule has 0 heterocycles. The molecule has 1 aliphatic rings. The summed E-state index contributed by atoms with van der Waals surface area (Å²) in [5.41, 5.74) is 0. The summed E-state index contributed by atoms with van der Waals surface area (Å²) in [4.78, 5) is 12.9. The summed E-state index contributed by atoms with van der Waals surface area (Å²) in [6, 6.07) is 0.663. The predicted octanol–water partition coefficient (Wildman–Crippen LogP) is -0.421. The zero-order chi connectivity index (χ0) is 9.68. The van der Waals surface area contributed by atoms with Crippen LogP contribution in [0.5, 0.6) is 0 Å². The minimum atomic E-state index is 0.0400. The van der Waals surface area contributed by atoms with Gasteiger partial charge in [-0.1, -0.05) is 0 Å². The molecule has 4 nitrogen and oxygen atoms in total. The van der Waals surface area contributed by atoms with Gasteiger partial charge >= 0.3 is 0 Å². The van der Waals surface area contributed by atoms with Crippen LogP contribution in [-0.4, -0.2) is 48.7 Å². The molecule has 0 aliphatic heterocycles. The van der Waals surface area contributed by atoms with Crippen LogP contribution in [0.4, 0.5) is 0 Å². The van der Waals surface area contributed by atoms with Crippen molar-refractivity contribution in [3.05, 3.63) is 0 Å². The highest BCUT2D eigenvalue weighted by atomic mass is 16.3. The molecular weight excluding hydrogens is 168 g/mol. The molecule has 0 saturated heterocycles. The predicted molar refractivity (Wildman–Crippen MR) is 50.4 cm³/mol. The highest BCUT2D eigenvalue weighted by Crippen LogP contribution is 2.18. The number of carbonyl (C=O) groups excluding carboxylic acids is 1. The Hall–Kier alpha value is -0.610. The third-order valence-corrected chi connectivity index (χ3v) is 2.21. The molecular formula is C9H18N2O2. The number of nitrogens with zero attached hydrogens (tertiary/aromatic N) is 1. The zero-order valence-corrected chi connectivity index (χ0v) is 8.12. The van der Waals surface area contributed by atoms with Crippen LogP contribution in [0.25, 0.3) is 0 Å². The van der Waals surface area contributed by atoms with Crippen molar-refractivity contribution in [3.8, 4) is 0 Å². The van der Waals surface area contributed by atoms with E-state index in [9.17, 15) is 4.79 Å². The number of aliphatic hydroxyl groups excluding tert-OH is 1. The van der Waals surface area contributed by atoms with E-state index < -0.39 is 0 Å². The summed E-state index contributed by atoms with van der Waals surface area (Å²) in [7, 11) is 1.72. The number of rotatable bonds is 6. The van der Waals surface area contributed by atoms with Gasteiger partial charge < -0.3 is 15.3 Å². The number of amides is 1. The Morgan fingerprint density at radius 2 is 2.31 bits per heavy atom. The fourth-order valence-electron chi connectivity index (χ4n) is 1.14. The van der Waals surface area contributed by atoms with E-state index in [4.69, 9.17) is 5.11 Å². The largest absolute Gasteiger partial charge is 0.395 e. The molecule has 1 aliphatic carbocycles. The first kappa shape index (κ1) is 10.5. The SMILES string of the molecule is CN(CCO)C(=O)CCNC1CC1. The normalized spacial score (nSPS) is 15.8. The maximum Gasteiger partial charge on any atom is 0.223 e. The van der Waals surface area contributed by atoms with Gasteiger partial charge in [0.2, 0.25) is 5.91 Å². The summed E-state index contributed by atoms with van der Waals surface area (Å²) >= 11 is 0. The molecule has 0 radical (unpaired) electrons. The quantitative estimate of drug-likeness (QED) is 0.592. The summed E-state index contributed by atoms with van der Waals surface area (Å²) in [5.74, 6) is 0.0993. The van der Waals surface area contributed by atoms with Crippen LogP contribution in [0.1, 0.15) is 19.3 Å². The van der Waals surface area contributed by atoms with Gasteiger partial charge in [0.05, 0.1) is 6.61 Å². The third kappa shape index (κ3) is 4.24. The summed E-state index contributed by atoms with van der Waals surface area (Å²) in [6.45, 7) is 1.24. The molecule has 0 atom stereocenters. The van der Waals surface area contributed by atoms with Gasteiger partial charge in [-0.05, 0) is 12.8 Å². The van der Waals surface area contributed by atoms with Gasteiger partial charge in [0.25, 0.3) is 0 Å². The lowest BCUT2D eigenvalue weighted by molar-refractivity contribution is -0.130. The molecule has 0 unspecified atom stereocenters. The average molecular weight is 186 g/mol. The molecule has 0 spiro atoms. The summed E-state index contributed by atoms with van der Waals surface area (Å²) < 4.78 is 0. The number of hydrogen-bond donors (Lipinski definition) is 2. The lowest BCUT2D eigenvalue weighted by Crippen LogP contribution is -2.32. The molecule has 0 aromatic heterocycles. The minimum absolute atomic E-state index is 0.0400. The van der Waals surface area contributed by atoms with Crippen LogP contribution in [0, 0.1) is 0 Å². The van der Waals surface area contributed by atoms with Gasteiger partial charge in [0, 0.05) is 32.6 Å². The Bertz CT molecular complexity index is 169. The second kappa shape index (κ2) is 5.19. The summed E-state index contributed by atoms with van der Waals surface area (Å²) in [6.07, 6.45) is 3.04. The van der Waals surface area contributed by atoms with E-state index in [1.807, 2.05) is 0 Å². The fourth-order valence-corrected chi connectivity index (χ4v) is 1.14. The average Bonchev–Trinajstić information content (AvgIpc) is 2.88. The lowest BCUT2D eigenvalue weighted by Gasteiger charge is -2.15. The zero-order valence-electron chi connectivity index (χ0n) is 8.12. The monoisotopic (exact) mass is 186 g/mol. The molecule has 13 heavy (non-hydrogen) atoms. The van der Waals surface area contributed by atoms with E-state index in [0.29, 0.717) is 19.0 Å². The van der Waals surface area contributed by atoms with E-state index in [2.05, 4.69) is 5.32 Å². The Kier molecular flexibility index (Phi) is 4.18. The highest BCUT2D eigenvalue weighted by Gasteiger charge is 2.20. The van der Waals surface area contributed by atoms with Gasteiger partial charge in [-0.3, -0.25) is 4.79 Å². The fraction of sp³-hybridized carbons (Fsp3) is 0.889. The van der Waals surface area contributed by atoms with Crippen LogP contribution in [0.2, 0.25) is 0 Å². The Balaban J connectivity index is 2.01. The van der Waals surface area contributed by atoms with Crippen molar-refractivity contribution in [3.63, 3.8) is 0 Å². The number of carbonyl (C=O) groups is 1. The first-order valence-electron chi connectivity index (χ1n) is 4.82. The molecule has 1 amide bonds. The first-order valence-corrected chi connectivity index (χ1v) is 4.82. The van der Waals surface area contributed by atoms with E-state index >= 15 is 0 Å². The van der Waals surface area contributed by atoms with Crippen LogP contribution in [0.3, 0.4) is 0 Å². The van der Waals surface area contributed by atoms with Crippen LogP contribution in [0.15, 0.2) is 0 Å². The number of nitrogens with one attached hydrogen (secondary N) is 1. The van der Waals surface area contributed by atoms with Crippen molar-refractivity contribution in [1.82, 2.24) is 10.2 Å². The van der Waals surface area contributed by atoms with Crippen molar-refractivity contribution in [2.24, 2.45) is 0 Å². The van der Waals surface area contributed by atoms with Gasteiger partial charge in [-0.2, -0.15) is 0 Å². The highest BCUT2D eigenvalue weighted by molar-refractivity contribution is 5.76. The summed E-state index contributed by atoms with van der Waals surface area (Å²) in [5, 5.41) is 11.9. The standard InChI is InChI=1S/C9H18N2O2/c1-11(6-7-12)9(13)4-5-10-8-2-3-8/h8,10,12H,2-7H2,1H3. The van der Waals surface area contributed by atoms with Gasteiger partial charge in [0.15, 0.2) is 0 Å².